The lowest BCUT2D eigenvalue weighted by Crippen LogP contribution is -2.53. The Morgan fingerprint density at radius 2 is 2.24 bits per heavy atom. The van der Waals surface area contributed by atoms with E-state index >= 15 is 0 Å². The van der Waals surface area contributed by atoms with Gasteiger partial charge in [-0.3, -0.25) is 4.99 Å². The van der Waals surface area contributed by atoms with Crippen LogP contribution in [-0.4, -0.2) is 67.9 Å². The van der Waals surface area contributed by atoms with Gasteiger partial charge in [0.15, 0.2) is 5.96 Å². The van der Waals surface area contributed by atoms with Gasteiger partial charge in [0.25, 0.3) is 0 Å². The van der Waals surface area contributed by atoms with E-state index < -0.39 is 0 Å². The number of nitrogens with one attached hydrogen (secondary N) is 1. The summed E-state index contributed by atoms with van der Waals surface area (Å²) >= 11 is 1.76. The summed E-state index contributed by atoms with van der Waals surface area (Å²) < 4.78 is 11.7. The lowest BCUT2D eigenvalue weighted by Gasteiger charge is -2.37. The van der Waals surface area contributed by atoms with Gasteiger partial charge < -0.3 is 19.7 Å². The number of thiazole rings is 1. The van der Waals surface area contributed by atoms with E-state index in [0.717, 1.165) is 76.6 Å². The SMILES string of the molecule is CN=C(NCCCCc1nc(C)cs1)N1CCOC(C2CCCO2)C1. The molecule has 0 aromatic carbocycles. The fourth-order valence-corrected chi connectivity index (χ4v) is 4.26. The second-order valence-corrected chi connectivity index (χ2v) is 7.66. The highest BCUT2D eigenvalue weighted by Gasteiger charge is 2.32. The van der Waals surface area contributed by atoms with Crippen LogP contribution in [-0.2, 0) is 15.9 Å². The van der Waals surface area contributed by atoms with Gasteiger partial charge in [-0.1, -0.05) is 0 Å². The molecular formula is C18H30N4O2S. The monoisotopic (exact) mass is 366 g/mol. The predicted octanol–water partition coefficient (Wildman–Crippen LogP) is 2.23. The first-order valence-corrected chi connectivity index (χ1v) is 10.2. The number of rotatable bonds is 6. The lowest BCUT2D eigenvalue weighted by molar-refractivity contribution is -0.0816. The molecule has 140 valence electrons. The molecule has 2 aliphatic rings. The van der Waals surface area contributed by atoms with Crippen LogP contribution >= 0.6 is 11.3 Å². The Balaban J connectivity index is 1.38. The molecule has 0 aliphatic carbocycles. The highest BCUT2D eigenvalue weighted by molar-refractivity contribution is 7.09. The zero-order valence-corrected chi connectivity index (χ0v) is 16.2. The first kappa shape index (κ1) is 18.6. The largest absolute Gasteiger partial charge is 0.375 e. The number of nitrogens with zero attached hydrogens (tertiary/aromatic N) is 3. The van der Waals surface area contributed by atoms with Crippen molar-refractivity contribution in [1.82, 2.24) is 15.2 Å². The third-order valence-electron chi connectivity index (χ3n) is 4.75. The summed E-state index contributed by atoms with van der Waals surface area (Å²) in [5.41, 5.74) is 1.13. The molecule has 0 spiro atoms. The van der Waals surface area contributed by atoms with Crippen molar-refractivity contribution in [3.05, 3.63) is 16.1 Å². The van der Waals surface area contributed by atoms with Crippen LogP contribution in [0, 0.1) is 6.92 Å². The molecule has 0 amide bonds. The molecule has 1 aromatic heterocycles. The summed E-state index contributed by atoms with van der Waals surface area (Å²) in [6, 6.07) is 0. The number of morpholine rings is 1. The smallest absolute Gasteiger partial charge is 0.193 e. The van der Waals surface area contributed by atoms with Crippen LogP contribution in [0.15, 0.2) is 10.4 Å². The fourth-order valence-electron chi connectivity index (χ4n) is 3.44. The lowest BCUT2D eigenvalue weighted by atomic mass is 10.1. The minimum absolute atomic E-state index is 0.169. The van der Waals surface area contributed by atoms with Gasteiger partial charge in [-0.05, 0) is 39.0 Å². The van der Waals surface area contributed by atoms with Crippen molar-refractivity contribution in [2.75, 3.05) is 39.9 Å². The number of aliphatic imine (C=N–C) groups is 1. The van der Waals surface area contributed by atoms with Crippen LogP contribution in [0.2, 0.25) is 0 Å². The van der Waals surface area contributed by atoms with Crippen LogP contribution in [0.3, 0.4) is 0 Å². The number of guanidine groups is 1. The highest BCUT2D eigenvalue weighted by atomic mass is 32.1. The van der Waals surface area contributed by atoms with Crippen LogP contribution < -0.4 is 5.32 Å². The molecule has 3 rings (SSSR count). The Hall–Kier alpha value is -1.18. The Bertz CT molecular complexity index is 557. The maximum Gasteiger partial charge on any atom is 0.193 e. The number of aryl methyl sites for hydroxylation is 2. The molecule has 1 N–H and O–H groups in total. The van der Waals surface area contributed by atoms with Gasteiger partial charge >= 0.3 is 0 Å². The molecule has 6 nitrogen and oxygen atoms in total. The van der Waals surface area contributed by atoms with E-state index in [4.69, 9.17) is 9.47 Å². The average molecular weight is 367 g/mol. The maximum absolute atomic E-state index is 5.93. The summed E-state index contributed by atoms with van der Waals surface area (Å²) in [6.07, 6.45) is 6.02. The Kier molecular flexibility index (Phi) is 7.07. The summed E-state index contributed by atoms with van der Waals surface area (Å²) in [7, 11) is 1.86. The summed E-state index contributed by atoms with van der Waals surface area (Å²) in [5, 5.41) is 6.87. The molecule has 2 unspecified atom stereocenters. The Labute approximate surface area is 154 Å². The molecule has 0 radical (unpaired) electrons. The molecule has 0 saturated carbocycles. The normalized spacial score (nSPS) is 24.7. The molecule has 3 heterocycles. The van der Waals surface area contributed by atoms with Crippen molar-refractivity contribution in [1.29, 1.82) is 0 Å². The second kappa shape index (κ2) is 9.50. The third kappa shape index (κ3) is 5.39. The molecule has 1 aromatic rings. The van der Waals surface area contributed by atoms with Gasteiger partial charge in [-0.2, -0.15) is 0 Å². The van der Waals surface area contributed by atoms with E-state index in [-0.39, 0.29) is 12.2 Å². The summed E-state index contributed by atoms with van der Waals surface area (Å²) in [4.78, 5) is 11.3. The van der Waals surface area contributed by atoms with E-state index in [2.05, 4.69) is 32.5 Å². The zero-order valence-electron chi connectivity index (χ0n) is 15.4. The molecular weight excluding hydrogens is 336 g/mol. The van der Waals surface area contributed by atoms with Gasteiger partial charge in [-0.25, -0.2) is 4.98 Å². The van der Waals surface area contributed by atoms with E-state index in [1.165, 1.54) is 5.01 Å². The molecule has 0 bridgehead atoms. The molecule has 7 heteroatoms. The van der Waals surface area contributed by atoms with E-state index in [1.807, 2.05) is 7.05 Å². The third-order valence-corrected chi connectivity index (χ3v) is 5.78. The quantitative estimate of drug-likeness (QED) is 0.475. The molecule has 2 fully saturated rings. The van der Waals surface area contributed by atoms with Gasteiger partial charge in [0.2, 0.25) is 0 Å². The Morgan fingerprint density at radius 1 is 1.36 bits per heavy atom. The number of ether oxygens (including phenoxy) is 2. The van der Waals surface area contributed by atoms with Gasteiger partial charge in [0.1, 0.15) is 6.10 Å². The van der Waals surface area contributed by atoms with Crippen molar-refractivity contribution in [3.8, 4) is 0 Å². The van der Waals surface area contributed by atoms with Crippen molar-refractivity contribution in [2.24, 2.45) is 4.99 Å². The minimum atomic E-state index is 0.169. The first-order chi connectivity index (χ1) is 12.3. The van der Waals surface area contributed by atoms with Gasteiger partial charge in [-0.15, -0.1) is 11.3 Å². The van der Waals surface area contributed by atoms with Crippen molar-refractivity contribution in [2.45, 2.75) is 51.2 Å². The maximum atomic E-state index is 5.93. The van der Waals surface area contributed by atoms with Crippen LogP contribution in [0.5, 0.6) is 0 Å². The fraction of sp³-hybridized carbons (Fsp3) is 0.778. The predicted molar refractivity (Wildman–Crippen MR) is 101 cm³/mol. The molecule has 2 saturated heterocycles. The number of hydrogen-bond donors (Lipinski definition) is 1. The topological polar surface area (TPSA) is 59.0 Å². The van der Waals surface area contributed by atoms with Crippen LogP contribution in [0.25, 0.3) is 0 Å². The molecule has 2 atom stereocenters. The van der Waals surface area contributed by atoms with Crippen LogP contribution in [0.4, 0.5) is 0 Å². The van der Waals surface area contributed by atoms with Crippen LogP contribution in [0.1, 0.15) is 36.4 Å². The Morgan fingerprint density at radius 3 is 2.96 bits per heavy atom. The number of hydrogen-bond acceptors (Lipinski definition) is 5. The minimum Gasteiger partial charge on any atom is -0.375 e. The van der Waals surface area contributed by atoms with Crippen molar-refractivity contribution < 1.29 is 9.47 Å². The summed E-state index contributed by atoms with van der Waals surface area (Å²) in [6.45, 7) is 6.37. The van der Waals surface area contributed by atoms with E-state index in [0.29, 0.717) is 0 Å². The standard InChI is InChI=1S/C18H30N4O2S/c1-14-13-25-17(21-14)7-3-4-8-20-18(19-2)22-9-11-24-16(12-22)15-6-5-10-23-15/h13,15-16H,3-12H2,1-2H3,(H,19,20). The second-order valence-electron chi connectivity index (χ2n) is 6.72. The number of aromatic nitrogens is 1. The molecule has 2 aliphatic heterocycles. The highest BCUT2D eigenvalue weighted by Crippen LogP contribution is 2.21. The zero-order chi connectivity index (χ0) is 17.5. The van der Waals surface area contributed by atoms with Gasteiger partial charge in [0.05, 0.1) is 17.7 Å². The van der Waals surface area contributed by atoms with Gasteiger partial charge in [0, 0.05) is 44.4 Å². The summed E-state index contributed by atoms with van der Waals surface area (Å²) in [5.74, 6) is 0.983. The van der Waals surface area contributed by atoms with Crippen molar-refractivity contribution >= 4 is 17.3 Å². The molecule has 25 heavy (non-hydrogen) atoms. The van der Waals surface area contributed by atoms with Crippen molar-refractivity contribution in [3.63, 3.8) is 0 Å². The van der Waals surface area contributed by atoms with E-state index in [1.54, 1.807) is 11.3 Å². The first-order valence-electron chi connectivity index (χ1n) is 9.36. The average Bonchev–Trinajstić information content (AvgIpc) is 3.30. The number of unbranched alkanes of at least 4 members (excludes halogenated alkanes) is 1. The van der Waals surface area contributed by atoms with E-state index in [9.17, 15) is 0 Å².